The second-order valence-corrected chi connectivity index (χ2v) is 5.96. The van der Waals surface area contributed by atoms with Crippen LogP contribution < -0.4 is 0 Å². The van der Waals surface area contributed by atoms with Crippen LogP contribution in [0.4, 0.5) is 0 Å². The van der Waals surface area contributed by atoms with E-state index in [4.69, 9.17) is 0 Å². The van der Waals surface area contributed by atoms with E-state index in [1.165, 1.54) is 5.56 Å². The zero-order chi connectivity index (χ0) is 16.8. The lowest BCUT2D eigenvalue weighted by Gasteiger charge is -2.04. The van der Waals surface area contributed by atoms with Crippen molar-refractivity contribution in [2.24, 2.45) is 0 Å². The van der Waals surface area contributed by atoms with E-state index in [0.29, 0.717) is 0 Å². The molecule has 6 nitrogen and oxygen atoms in total. The molecule has 0 spiro atoms. The number of rotatable bonds is 2. The van der Waals surface area contributed by atoms with E-state index in [-0.39, 0.29) is 0 Å². The van der Waals surface area contributed by atoms with Crippen LogP contribution in [0.1, 0.15) is 5.56 Å². The second kappa shape index (κ2) is 5.24. The van der Waals surface area contributed by atoms with Gasteiger partial charge in [0.15, 0.2) is 17.1 Å². The quantitative estimate of drug-likeness (QED) is 0.498. The monoisotopic (exact) mass is 326 g/mol. The van der Waals surface area contributed by atoms with Gasteiger partial charge in [-0.3, -0.25) is 4.40 Å². The number of aryl methyl sites for hydroxylation is 1. The average molecular weight is 326 g/mol. The highest BCUT2D eigenvalue weighted by Gasteiger charge is 2.15. The van der Waals surface area contributed by atoms with Crippen LogP contribution >= 0.6 is 0 Å². The third-order valence-corrected chi connectivity index (χ3v) is 4.29. The molecular formula is C19H14N6. The Kier molecular flexibility index (Phi) is 2.90. The standard InChI is InChI=1S/C19H14N6/c1-13-7-9-15(10-8-13)25-18-16(11-21-25)19-23-22-17(24(19)12-20-18)14-5-3-2-4-6-14/h2-12H,1H3. The molecule has 0 bridgehead atoms. The molecule has 0 N–H and O–H groups in total. The van der Waals surface area contributed by atoms with Crippen LogP contribution in [0.5, 0.6) is 0 Å². The van der Waals surface area contributed by atoms with Crippen molar-refractivity contribution in [3.8, 4) is 17.1 Å². The highest BCUT2D eigenvalue weighted by molar-refractivity contribution is 5.90. The average Bonchev–Trinajstić information content (AvgIpc) is 3.27. The fourth-order valence-corrected chi connectivity index (χ4v) is 2.98. The van der Waals surface area contributed by atoms with Crippen LogP contribution in [0.3, 0.4) is 0 Å². The van der Waals surface area contributed by atoms with Gasteiger partial charge in [0.25, 0.3) is 0 Å². The first-order valence-electron chi connectivity index (χ1n) is 8.01. The topological polar surface area (TPSA) is 60.9 Å². The van der Waals surface area contributed by atoms with Crippen molar-refractivity contribution < 1.29 is 0 Å². The number of benzene rings is 2. The van der Waals surface area contributed by atoms with E-state index in [9.17, 15) is 0 Å². The van der Waals surface area contributed by atoms with E-state index >= 15 is 0 Å². The molecule has 0 saturated carbocycles. The fraction of sp³-hybridized carbons (Fsp3) is 0.0526. The maximum Gasteiger partial charge on any atom is 0.175 e. The van der Waals surface area contributed by atoms with Gasteiger partial charge in [0.1, 0.15) is 6.33 Å². The number of hydrogen-bond donors (Lipinski definition) is 0. The molecule has 0 unspecified atom stereocenters. The Balaban J connectivity index is 1.73. The molecule has 0 radical (unpaired) electrons. The summed E-state index contributed by atoms with van der Waals surface area (Å²) in [5.41, 5.74) is 4.70. The van der Waals surface area contributed by atoms with Crippen molar-refractivity contribution in [3.63, 3.8) is 0 Å². The zero-order valence-corrected chi connectivity index (χ0v) is 13.5. The summed E-state index contributed by atoms with van der Waals surface area (Å²) in [6, 6.07) is 18.2. The minimum Gasteiger partial charge on any atom is -0.265 e. The van der Waals surface area contributed by atoms with Gasteiger partial charge in [-0.05, 0) is 19.1 Å². The molecule has 6 heteroatoms. The Morgan fingerprint density at radius 2 is 1.64 bits per heavy atom. The maximum absolute atomic E-state index is 4.61. The molecule has 0 aliphatic rings. The molecule has 120 valence electrons. The largest absolute Gasteiger partial charge is 0.265 e. The molecular weight excluding hydrogens is 312 g/mol. The first kappa shape index (κ1) is 13.9. The van der Waals surface area contributed by atoms with E-state index in [1.807, 2.05) is 51.5 Å². The van der Waals surface area contributed by atoms with E-state index in [1.54, 1.807) is 12.5 Å². The molecule has 0 amide bonds. The van der Waals surface area contributed by atoms with Crippen molar-refractivity contribution >= 4 is 16.7 Å². The molecule has 0 saturated heterocycles. The highest BCUT2D eigenvalue weighted by atomic mass is 15.3. The third kappa shape index (κ3) is 2.11. The predicted octanol–water partition coefficient (Wildman–Crippen LogP) is 3.44. The van der Waals surface area contributed by atoms with Gasteiger partial charge in [0, 0.05) is 5.56 Å². The molecule has 25 heavy (non-hydrogen) atoms. The Labute approximate surface area is 143 Å². The lowest BCUT2D eigenvalue weighted by molar-refractivity contribution is 0.893. The number of aromatic nitrogens is 6. The Bertz CT molecular complexity index is 1190. The summed E-state index contributed by atoms with van der Waals surface area (Å²) < 4.78 is 3.73. The minimum atomic E-state index is 0.752. The molecule has 3 heterocycles. The highest BCUT2D eigenvalue weighted by Crippen LogP contribution is 2.23. The van der Waals surface area contributed by atoms with Crippen LogP contribution in [-0.2, 0) is 0 Å². The Morgan fingerprint density at radius 1 is 0.840 bits per heavy atom. The zero-order valence-electron chi connectivity index (χ0n) is 13.5. The van der Waals surface area contributed by atoms with Gasteiger partial charge in [-0.2, -0.15) is 5.10 Å². The summed E-state index contributed by atoms with van der Waals surface area (Å²) in [6.45, 7) is 2.06. The van der Waals surface area contributed by atoms with Gasteiger partial charge in [-0.15, -0.1) is 10.2 Å². The van der Waals surface area contributed by atoms with Crippen molar-refractivity contribution in [1.29, 1.82) is 0 Å². The van der Waals surface area contributed by atoms with Crippen LogP contribution in [0, 0.1) is 6.92 Å². The SMILES string of the molecule is Cc1ccc(-n2ncc3c2ncn2c(-c4ccccc4)nnc32)cc1. The van der Waals surface area contributed by atoms with E-state index < -0.39 is 0 Å². The van der Waals surface area contributed by atoms with Crippen LogP contribution in [0.25, 0.3) is 33.8 Å². The van der Waals surface area contributed by atoms with Gasteiger partial charge in [0.05, 0.1) is 17.3 Å². The molecule has 3 aromatic heterocycles. The summed E-state index contributed by atoms with van der Waals surface area (Å²) in [6.07, 6.45) is 3.55. The fourth-order valence-electron chi connectivity index (χ4n) is 2.98. The first-order chi connectivity index (χ1) is 12.3. The van der Waals surface area contributed by atoms with Gasteiger partial charge in [-0.1, -0.05) is 48.0 Å². The summed E-state index contributed by atoms with van der Waals surface area (Å²) in [5.74, 6) is 0.771. The molecule has 0 atom stereocenters. The van der Waals surface area contributed by atoms with Crippen molar-refractivity contribution in [2.45, 2.75) is 6.92 Å². The van der Waals surface area contributed by atoms with Gasteiger partial charge in [-0.25, -0.2) is 9.67 Å². The summed E-state index contributed by atoms with van der Waals surface area (Å²) in [5, 5.41) is 14.1. The Hall–Kier alpha value is -3.54. The van der Waals surface area contributed by atoms with Crippen LogP contribution in [0.15, 0.2) is 67.1 Å². The minimum absolute atomic E-state index is 0.752. The number of nitrogens with zero attached hydrogens (tertiary/aromatic N) is 6. The van der Waals surface area contributed by atoms with Crippen LogP contribution in [0.2, 0.25) is 0 Å². The number of fused-ring (bicyclic) bond motifs is 3. The first-order valence-corrected chi connectivity index (χ1v) is 8.01. The molecule has 5 rings (SSSR count). The van der Waals surface area contributed by atoms with Gasteiger partial charge < -0.3 is 0 Å². The molecule has 2 aromatic carbocycles. The van der Waals surface area contributed by atoms with Gasteiger partial charge >= 0.3 is 0 Å². The molecule has 0 aliphatic heterocycles. The molecule has 0 aliphatic carbocycles. The lowest BCUT2D eigenvalue weighted by Crippen LogP contribution is -1.99. The van der Waals surface area contributed by atoms with Crippen molar-refractivity contribution in [3.05, 3.63) is 72.7 Å². The normalized spacial score (nSPS) is 11.4. The molecule has 5 aromatic rings. The summed E-state index contributed by atoms with van der Waals surface area (Å²) in [4.78, 5) is 4.61. The molecule has 0 fully saturated rings. The summed E-state index contributed by atoms with van der Waals surface area (Å²) in [7, 11) is 0. The van der Waals surface area contributed by atoms with Crippen molar-refractivity contribution in [2.75, 3.05) is 0 Å². The third-order valence-electron chi connectivity index (χ3n) is 4.29. The predicted molar refractivity (Wildman–Crippen MR) is 95.6 cm³/mol. The van der Waals surface area contributed by atoms with Crippen molar-refractivity contribution in [1.82, 2.24) is 29.4 Å². The summed E-state index contributed by atoms with van der Waals surface area (Å²) >= 11 is 0. The number of hydrogen-bond acceptors (Lipinski definition) is 4. The van der Waals surface area contributed by atoms with Gasteiger partial charge in [0.2, 0.25) is 0 Å². The van der Waals surface area contributed by atoms with E-state index in [0.717, 1.165) is 33.8 Å². The van der Waals surface area contributed by atoms with Crippen LogP contribution in [-0.4, -0.2) is 29.4 Å². The Morgan fingerprint density at radius 3 is 2.44 bits per heavy atom. The lowest BCUT2D eigenvalue weighted by atomic mass is 10.2. The maximum atomic E-state index is 4.61. The van der Waals surface area contributed by atoms with E-state index in [2.05, 4.69) is 39.3 Å². The smallest absolute Gasteiger partial charge is 0.175 e. The second-order valence-electron chi connectivity index (χ2n) is 5.96.